The first kappa shape index (κ1) is 64.6. The van der Waals surface area contributed by atoms with Crippen LogP contribution < -0.4 is 29.6 Å². The van der Waals surface area contributed by atoms with Crippen LogP contribution in [-0.4, -0.2) is 154 Å². The Hall–Kier alpha value is -7.17. The van der Waals surface area contributed by atoms with Crippen molar-refractivity contribution in [1.29, 1.82) is 0 Å². The molecule has 3 aromatic carbocycles. The first-order valence-corrected chi connectivity index (χ1v) is 29.9. The molecule has 1 unspecified atom stereocenters. The summed E-state index contributed by atoms with van der Waals surface area (Å²) < 4.78 is 63.1. The maximum absolute atomic E-state index is 14.6. The lowest BCUT2D eigenvalue weighted by molar-refractivity contribution is -0.146. The van der Waals surface area contributed by atoms with Crippen molar-refractivity contribution in [3.05, 3.63) is 120 Å². The van der Waals surface area contributed by atoms with Crippen LogP contribution in [0.3, 0.4) is 0 Å². The average Bonchev–Trinajstić information content (AvgIpc) is 4.16. The predicted octanol–water partition coefficient (Wildman–Crippen LogP) is 10.2. The minimum Gasteiger partial charge on any atom is -0.493 e. The van der Waals surface area contributed by atoms with Gasteiger partial charge in [0.1, 0.15) is 51.1 Å². The molecular formula is C60H82N4O16Si. The number of amides is 4. The van der Waals surface area contributed by atoms with Gasteiger partial charge in [0.2, 0.25) is 0 Å². The molecule has 2 N–H and O–H groups in total. The fraction of sp³-hybridized carbons (Fsp3) is 0.483. The topological polar surface area (TPSA) is 217 Å². The van der Waals surface area contributed by atoms with E-state index in [0.717, 1.165) is 11.1 Å². The highest BCUT2D eigenvalue weighted by Crippen LogP contribution is 2.40. The number of carbonyl (C=O) groups is 5. The van der Waals surface area contributed by atoms with E-state index in [1.807, 2.05) is 19.9 Å². The fourth-order valence-corrected chi connectivity index (χ4v) is 9.59. The SMILES string of the molecule is C=CCOC(=O)Nc1cc(OCc2cc(COc3cc(NC(=O)OCC=C)c(C(=O)N4CC(=C)C[C@@H]4CO[Si](C)(C)C(C)(C)C)cc3C)cc(OCCOCCOCCOCC(=O)OC)c2)c(OC)cc1C(=O)N1CC(=C)CC1CC. The molecule has 21 heteroatoms. The standard InChI is InChI=1S/C60H82N4O16Si/c1-14-17-76-58(68)61-50-32-52(42(6)27-48(50)56(66)64-35-41(5)26-46(64)38-80-81(12,13)60(7,8)9)78-36-43-28-44(30-47(29-43)75-24-23-73-20-19-72-21-22-74-39-55(65)71-11)37-79-54-33-51(62-59(69)77-18-15-2)49(31-53(54)70-10)57(67)63-34-40(4)25-45(63)16-3/h14-15,27-33,45-46H,1-2,4-5,16-26,34-39H2,3,6-13H3,(H,61,68)(H,62,69)/t45?,46-/m1/s1. The number of anilines is 2. The molecule has 0 spiro atoms. The lowest BCUT2D eigenvalue weighted by Gasteiger charge is -2.38. The van der Waals surface area contributed by atoms with Gasteiger partial charge in [-0.05, 0) is 91.3 Å². The zero-order chi connectivity index (χ0) is 59.3. The zero-order valence-corrected chi connectivity index (χ0v) is 49.6. The zero-order valence-electron chi connectivity index (χ0n) is 48.6. The first-order chi connectivity index (χ1) is 38.6. The Balaban J connectivity index is 1.42. The van der Waals surface area contributed by atoms with Crippen LogP contribution in [0, 0.1) is 6.92 Å². The summed E-state index contributed by atoms with van der Waals surface area (Å²) in [5.41, 5.74) is 4.49. The minimum atomic E-state index is -2.16. The first-order valence-electron chi connectivity index (χ1n) is 27.0. The van der Waals surface area contributed by atoms with Gasteiger partial charge < -0.3 is 61.6 Å². The van der Waals surface area contributed by atoms with Crippen LogP contribution in [0.15, 0.2) is 92.1 Å². The Morgan fingerprint density at radius 1 is 0.667 bits per heavy atom. The number of methoxy groups -OCH3 is 2. The lowest BCUT2D eigenvalue weighted by Crippen LogP contribution is -2.46. The number of esters is 1. The van der Waals surface area contributed by atoms with E-state index in [-0.39, 0.29) is 136 Å². The van der Waals surface area contributed by atoms with Gasteiger partial charge in [-0.1, -0.05) is 77.3 Å². The minimum absolute atomic E-state index is 0.00261. The number of aryl methyl sites for hydroxylation is 1. The highest BCUT2D eigenvalue weighted by molar-refractivity contribution is 6.74. The molecular weight excluding hydrogens is 1060 g/mol. The van der Waals surface area contributed by atoms with Crippen LogP contribution in [0.2, 0.25) is 18.1 Å². The summed E-state index contributed by atoms with van der Waals surface area (Å²) in [6.45, 7) is 32.4. The molecule has 0 saturated carbocycles. The summed E-state index contributed by atoms with van der Waals surface area (Å²) in [5.74, 6) is 0.179. The molecule has 2 aliphatic rings. The number of nitrogens with one attached hydrogen (secondary N) is 2. The third-order valence-electron chi connectivity index (χ3n) is 13.9. The van der Waals surface area contributed by atoms with Gasteiger partial charge in [-0.2, -0.15) is 0 Å². The summed E-state index contributed by atoms with van der Waals surface area (Å²) in [6, 6.07) is 11.5. The van der Waals surface area contributed by atoms with Crippen molar-refractivity contribution < 1.29 is 75.8 Å². The third kappa shape index (κ3) is 19.2. The molecule has 0 radical (unpaired) electrons. The van der Waals surface area contributed by atoms with E-state index in [1.165, 1.54) is 38.5 Å². The Labute approximate surface area is 477 Å². The maximum Gasteiger partial charge on any atom is 0.411 e. The van der Waals surface area contributed by atoms with E-state index in [4.69, 9.17) is 47.1 Å². The molecule has 442 valence electrons. The number of nitrogens with zero attached hydrogens (tertiary/aromatic N) is 2. The van der Waals surface area contributed by atoms with Crippen molar-refractivity contribution in [2.75, 3.05) is 104 Å². The van der Waals surface area contributed by atoms with Crippen molar-refractivity contribution >= 4 is 49.7 Å². The Bertz CT molecular complexity index is 2720. The Kier molecular flexibility index (Phi) is 24.9. The van der Waals surface area contributed by atoms with Crippen molar-refractivity contribution in [2.24, 2.45) is 0 Å². The van der Waals surface area contributed by atoms with Gasteiger partial charge in [0.05, 0.1) is 82.4 Å². The van der Waals surface area contributed by atoms with Crippen LogP contribution in [0.4, 0.5) is 21.0 Å². The highest BCUT2D eigenvalue weighted by atomic mass is 28.4. The number of hydrogen-bond acceptors (Lipinski definition) is 16. The molecule has 5 rings (SSSR count). The Morgan fingerprint density at radius 3 is 1.70 bits per heavy atom. The summed E-state index contributed by atoms with van der Waals surface area (Å²) in [5, 5.41) is 5.44. The summed E-state index contributed by atoms with van der Waals surface area (Å²) in [6.07, 6.45) is 3.26. The van der Waals surface area contributed by atoms with Crippen molar-refractivity contribution in [2.45, 2.75) is 97.3 Å². The molecule has 0 aromatic heterocycles. The van der Waals surface area contributed by atoms with Gasteiger partial charge in [0.25, 0.3) is 11.8 Å². The van der Waals surface area contributed by atoms with Crippen LogP contribution >= 0.6 is 0 Å². The Morgan fingerprint density at radius 2 is 1.17 bits per heavy atom. The van der Waals surface area contributed by atoms with E-state index in [9.17, 15) is 24.0 Å². The molecule has 2 atom stereocenters. The van der Waals surface area contributed by atoms with E-state index >= 15 is 0 Å². The molecule has 20 nitrogen and oxygen atoms in total. The largest absolute Gasteiger partial charge is 0.493 e. The predicted molar refractivity (Wildman–Crippen MR) is 310 cm³/mol. The lowest BCUT2D eigenvalue weighted by atomic mass is 10.1. The second-order valence-electron chi connectivity index (χ2n) is 21.1. The van der Waals surface area contributed by atoms with Gasteiger partial charge in [-0.15, -0.1) is 0 Å². The second kappa shape index (κ2) is 31.1. The number of likely N-dealkylation sites (tertiary alicyclic amines) is 2. The highest BCUT2D eigenvalue weighted by Gasteiger charge is 2.40. The monoisotopic (exact) mass is 1140 g/mol. The summed E-state index contributed by atoms with van der Waals surface area (Å²) >= 11 is 0. The van der Waals surface area contributed by atoms with Gasteiger partial charge in [-0.25, -0.2) is 14.4 Å². The third-order valence-corrected chi connectivity index (χ3v) is 18.4. The molecule has 0 aliphatic carbocycles. The fourth-order valence-electron chi connectivity index (χ4n) is 8.55. The molecule has 2 saturated heterocycles. The summed E-state index contributed by atoms with van der Waals surface area (Å²) in [7, 11) is 0.587. The quantitative estimate of drug-likeness (QED) is 0.0201. The molecule has 0 bridgehead atoms. The molecule has 2 aliphatic heterocycles. The van der Waals surface area contributed by atoms with Crippen LogP contribution in [0.25, 0.3) is 0 Å². The van der Waals surface area contributed by atoms with Crippen LogP contribution in [0.5, 0.6) is 23.0 Å². The maximum atomic E-state index is 14.6. The van der Waals surface area contributed by atoms with E-state index in [1.54, 1.807) is 34.1 Å². The number of ether oxygens (including phenoxy) is 10. The van der Waals surface area contributed by atoms with E-state index < -0.39 is 26.5 Å². The molecule has 4 amide bonds. The normalized spacial score (nSPS) is 15.2. The van der Waals surface area contributed by atoms with Crippen molar-refractivity contribution in [3.8, 4) is 23.0 Å². The van der Waals surface area contributed by atoms with Crippen LogP contribution in [-0.2, 0) is 50.9 Å². The van der Waals surface area contributed by atoms with Crippen LogP contribution in [0.1, 0.15) is 84.4 Å². The van der Waals surface area contributed by atoms with Crippen molar-refractivity contribution in [3.63, 3.8) is 0 Å². The van der Waals surface area contributed by atoms with Gasteiger partial charge >= 0.3 is 18.2 Å². The van der Waals surface area contributed by atoms with Crippen molar-refractivity contribution in [1.82, 2.24) is 9.80 Å². The molecule has 2 fully saturated rings. The molecule has 3 aromatic rings. The second-order valence-corrected chi connectivity index (χ2v) is 25.9. The van der Waals surface area contributed by atoms with E-state index in [2.05, 4.69) is 75.6 Å². The molecule has 81 heavy (non-hydrogen) atoms. The van der Waals surface area contributed by atoms with Gasteiger partial charge in [0.15, 0.2) is 19.8 Å². The smallest absolute Gasteiger partial charge is 0.411 e. The van der Waals surface area contributed by atoms with Gasteiger partial charge in [0, 0.05) is 31.3 Å². The summed E-state index contributed by atoms with van der Waals surface area (Å²) in [4.78, 5) is 69.7. The number of carbonyl (C=O) groups excluding carboxylic acids is 5. The number of hydrogen-bond donors (Lipinski definition) is 2. The molecule has 2 heterocycles. The number of rotatable bonds is 31. The average molecular weight is 1140 g/mol. The van der Waals surface area contributed by atoms with Gasteiger partial charge in [-0.3, -0.25) is 20.2 Å². The number of benzene rings is 3. The van der Waals surface area contributed by atoms with E-state index in [0.29, 0.717) is 67.1 Å².